The van der Waals surface area contributed by atoms with Gasteiger partial charge in [-0.05, 0) is 43.2 Å². The molecule has 5 heteroatoms. The average molecular weight is 435 g/mol. The van der Waals surface area contributed by atoms with Crippen molar-refractivity contribution in [3.05, 3.63) is 94.6 Å². The van der Waals surface area contributed by atoms with E-state index >= 15 is 0 Å². The maximum Gasteiger partial charge on any atom is 0.234 e. The van der Waals surface area contributed by atoms with Crippen LogP contribution in [0.5, 0.6) is 0 Å². The molecule has 0 aliphatic rings. The first-order valence-electron chi connectivity index (χ1n) is 9.82. The Bertz CT molecular complexity index is 1200. The molecule has 0 aliphatic heterocycles. The van der Waals surface area contributed by atoms with E-state index in [1.165, 1.54) is 22.0 Å². The van der Waals surface area contributed by atoms with Crippen LogP contribution in [-0.4, -0.2) is 16.2 Å². The van der Waals surface area contributed by atoms with Gasteiger partial charge in [-0.15, -0.1) is 11.8 Å². The molecule has 1 heterocycles. The molecule has 0 radical (unpaired) electrons. The number of hydrogen-bond acceptors (Lipinski definition) is 2. The molecule has 0 spiro atoms. The van der Waals surface area contributed by atoms with Crippen LogP contribution in [0.25, 0.3) is 10.9 Å². The van der Waals surface area contributed by atoms with Crippen molar-refractivity contribution in [3.63, 3.8) is 0 Å². The van der Waals surface area contributed by atoms with E-state index < -0.39 is 0 Å². The van der Waals surface area contributed by atoms with Gasteiger partial charge < -0.3 is 9.88 Å². The lowest BCUT2D eigenvalue weighted by Crippen LogP contribution is -2.13. The van der Waals surface area contributed by atoms with Crippen molar-refractivity contribution in [2.75, 3.05) is 11.1 Å². The molecule has 152 valence electrons. The Hall–Kier alpha value is -2.69. The summed E-state index contributed by atoms with van der Waals surface area (Å²) in [6.07, 6.45) is 2.14. The fourth-order valence-corrected chi connectivity index (χ4v) is 4.43. The smallest absolute Gasteiger partial charge is 0.234 e. The van der Waals surface area contributed by atoms with Gasteiger partial charge in [0, 0.05) is 39.3 Å². The van der Waals surface area contributed by atoms with Gasteiger partial charge in [-0.3, -0.25) is 4.79 Å². The van der Waals surface area contributed by atoms with Gasteiger partial charge >= 0.3 is 0 Å². The van der Waals surface area contributed by atoms with E-state index in [0.717, 1.165) is 22.7 Å². The van der Waals surface area contributed by atoms with Crippen LogP contribution in [0.15, 0.2) is 77.8 Å². The highest BCUT2D eigenvalue weighted by molar-refractivity contribution is 8.00. The Balaban J connectivity index is 1.49. The second-order valence-corrected chi connectivity index (χ2v) is 8.85. The molecular weight excluding hydrogens is 412 g/mol. The van der Waals surface area contributed by atoms with E-state index in [1.54, 1.807) is 17.8 Å². The van der Waals surface area contributed by atoms with Gasteiger partial charge in [0.25, 0.3) is 0 Å². The summed E-state index contributed by atoms with van der Waals surface area (Å²) in [5.41, 5.74) is 5.40. The highest BCUT2D eigenvalue weighted by Crippen LogP contribution is 2.31. The number of aromatic nitrogens is 1. The third kappa shape index (κ3) is 4.72. The summed E-state index contributed by atoms with van der Waals surface area (Å²) in [4.78, 5) is 13.6. The van der Waals surface area contributed by atoms with E-state index in [1.807, 2.05) is 25.1 Å². The van der Waals surface area contributed by atoms with Crippen LogP contribution < -0.4 is 5.32 Å². The Morgan fingerprint density at radius 2 is 1.80 bits per heavy atom. The Kier molecular flexibility index (Phi) is 6.16. The molecule has 0 saturated carbocycles. The van der Waals surface area contributed by atoms with Gasteiger partial charge in [0.2, 0.25) is 5.91 Å². The molecule has 3 aromatic carbocycles. The Morgan fingerprint density at radius 3 is 2.57 bits per heavy atom. The van der Waals surface area contributed by atoms with Crippen molar-refractivity contribution < 1.29 is 4.79 Å². The first-order chi connectivity index (χ1) is 14.5. The number of amides is 1. The van der Waals surface area contributed by atoms with Crippen LogP contribution in [0.3, 0.4) is 0 Å². The van der Waals surface area contributed by atoms with Gasteiger partial charge in [-0.2, -0.15) is 0 Å². The van der Waals surface area contributed by atoms with Crippen molar-refractivity contribution in [3.8, 4) is 0 Å². The lowest BCUT2D eigenvalue weighted by atomic mass is 10.1. The summed E-state index contributed by atoms with van der Waals surface area (Å²) in [6, 6.07) is 22.5. The van der Waals surface area contributed by atoms with Crippen LogP contribution in [0.1, 0.15) is 16.7 Å². The van der Waals surface area contributed by atoms with Gasteiger partial charge in [0.05, 0.1) is 5.75 Å². The predicted molar refractivity (Wildman–Crippen MR) is 128 cm³/mol. The lowest BCUT2D eigenvalue weighted by molar-refractivity contribution is -0.113. The van der Waals surface area contributed by atoms with Gasteiger partial charge in [-0.1, -0.05) is 65.7 Å². The summed E-state index contributed by atoms with van der Waals surface area (Å²) < 4.78 is 2.25. The molecule has 4 rings (SSSR count). The minimum atomic E-state index is -0.0460. The van der Waals surface area contributed by atoms with E-state index in [2.05, 4.69) is 65.5 Å². The Labute approximate surface area is 186 Å². The van der Waals surface area contributed by atoms with E-state index in [-0.39, 0.29) is 5.91 Å². The molecular formula is C25H23ClN2OS. The monoisotopic (exact) mass is 434 g/mol. The second-order valence-electron chi connectivity index (χ2n) is 7.42. The van der Waals surface area contributed by atoms with Crippen molar-refractivity contribution in [1.82, 2.24) is 4.57 Å². The van der Waals surface area contributed by atoms with Crippen LogP contribution in [-0.2, 0) is 11.3 Å². The normalized spacial score (nSPS) is 11.0. The van der Waals surface area contributed by atoms with Gasteiger partial charge in [0.15, 0.2) is 0 Å². The number of nitrogens with zero attached hydrogens (tertiary/aromatic N) is 1. The number of aryl methyl sites for hydroxylation is 2. The first kappa shape index (κ1) is 20.6. The molecule has 4 aromatic rings. The summed E-state index contributed by atoms with van der Waals surface area (Å²) in [6.45, 7) is 4.84. The topological polar surface area (TPSA) is 34.0 Å². The van der Waals surface area contributed by atoms with Crippen LogP contribution in [0.2, 0.25) is 5.02 Å². The quantitative estimate of drug-likeness (QED) is 0.343. The molecule has 0 atom stereocenters. The highest BCUT2D eigenvalue weighted by Gasteiger charge is 2.12. The number of anilines is 1. The van der Waals surface area contributed by atoms with Crippen molar-refractivity contribution in [1.29, 1.82) is 0 Å². The van der Waals surface area contributed by atoms with Crippen LogP contribution in [0, 0.1) is 13.8 Å². The molecule has 30 heavy (non-hydrogen) atoms. The number of carbonyl (C=O) groups is 1. The van der Waals surface area contributed by atoms with Crippen molar-refractivity contribution in [2.45, 2.75) is 25.3 Å². The number of halogens is 1. The number of carbonyl (C=O) groups excluding carboxylic acids is 1. The number of nitrogens with one attached hydrogen (secondary N) is 1. The summed E-state index contributed by atoms with van der Waals surface area (Å²) in [5.74, 6) is 0.291. The zero-order valence-electron chi connectivity index (χ0n) is 17.0. The minimum absolute atomic E-state index is 0.0460. The average Bonchev–Trinajstić information content (AvgIpc) is 3.09. The predicted octanol–water partition coefficient (Wildman–Crippen LogP) is 6.69. The maximum atomic E-state index is 12.5. The van der Waals surface area contributed by atoms with Crippen LogP contribution in [0.4, 0.5) is 5.69 Å². The number of benzene rings is 3. The number of para-hydroxylation sites is 1. The molecule has 0 fully saturated rings. The summed E-state index contributed by atoms with van der Waals surface area (Å²) >= 11 is 7.71. The number of fused-ring (bicyclic) bond motifs is 1. The first-order valence-corrected chi connectivity index (χ1v) is 11.2. The number of thioether (sulfide) groups is 1. The molecule has 0 bridgehead atoms. The zero-order chi connectivity index (χ0) is 21.1. The number of hydrogen-bond donors (Lipinski definition) is 1. The van der Waals surface area contributed by atoms with Gasteiger partial charge in [-0.25, -0.2) is 0 Å². The summed E-state index contributed by atoms with van der Waals surface area (Å²) in [5, 5.41) is 4.75. The minimum Gasteiger partial charge on any atom is -0.342 e. The largest absolute Gasteiger partial charge is 0.342 e. The van der Waals surface area contributed by atoms with Crippen LogP contribution >= 0.6 is 23.4 Å². The molecule has 1 N–H and O–H groups in total. The van der Waals surface area contributed by atoms with Crippen molar-refractivity contribution >= 4 is 45.9 Å². The standard InChI is InChI=1S/C25H23ClN2OS/c1-17-7-10-19(11-8-17)14-28-15-24(21-5-3-4-6-23(21)28)30-16-25(29)27-20-12-9-18(2)22(26)13-20/h3-13,15H,14,16H2,1-2H3,(H,27,29). The third-order valence-electron chi connectivity index (χ3n) is 5.04. The van der Waals surface area contributed by atoms with E-state index in [9.17, 15) is 4.79 Å². The third-order valence-corrected chi connectivity index (χ3v) is 6.49. The highest BCUT2D eigenvalue weighted by atomic mass is 35.5. The lowest BCUT2D eigenvalue weighted by Gasteiger charge is -2.06. The number of rotatable bonds is 6. The van der Waals surface area contributed by atoms with Crippen molar-refractivity contribution in [2.24, 2.45) is 0 Å². The molecule has 1 amide bonds. The van der Waals surface area contributed by atoms with E-state index in [0.29, 0.717) is 10.8 Å². The fourth-order valence-electron chi connectivity index (χ4n) is 3.36. The van der Waals surface area contributed by atoms with Gasteiger partial charge in [0.1, 0.15) is 0 Å². The molecule has 0 saturated heterocycles. The van der Waals surface area contributed by atoms with E-state index in [4.69, 9.17) is 11.6 Å². The SMILES string of the molecule is Cc1ccc(Cn2cc(SCC(=O)Nc3ccc(C)c(Cl)c3)c3ccccc32)cc1. The Morgan fingerprint density at radius 1 is 1.03 bits per heavy atom. The summed E-state index contributed by atoms with van der Waals surface area (Å²) in [7, 11) is 0. The molecule has 1 aromatic heterocycles. The maximum absolute atomic E-state index is 12.5. The molecule has 3 nitrogen and oxygen atoms in total. The second kappa shape index (κ2) is 8.99. The zero-order valence-corrected chi connectivity index (χ0v) is 18.6. The fraction of sp³-hybridized carbons (Fsp3) is 0.160. The molecule has 0 unspecified atom stereocenters. The molecule has 0 aliphatic carbocycles.